The first-order valence-electron chi connectivity index (χ1n) is 10.2. The van der Waals surface area contributed by atoms with Crippen LogP contribution in [-0.4, -0.2) is 70.2 Å². The molecule has 31 heavy (non-hydrogen) atoms. The van der Waals surface area contributed by atoms with Crippen molar-refractivity contribution in [3.05, 3.63) is 29.3 Å². The van der Waals surface area contributed by atoms with Crippen molar-refractivity contribution in [1.82, 2.24) is 15.1 Å². The topological polar surface area (TPSA) is 133 Å². The number of nitrogens with zero attached hydrogens (tertiary/aromatic N) is 2. The number of carboxylic acid groups (broad SMARTS) is 1. The number of piperidine rings is 2. The molecule has 4 amide bonds. The van der Waals surface area contributed by atoms with E-state index in [4.69, 9.17) is 4.74 Å². The van der Waals surface area contributed by atoms with Crippen molar-refractivity contribution in [3.63, 3.8) is 0 Å². The molecule has 0 saturated carbocycles. The molecule has 0 aliphatic carbocycles. The lowest BCUT2D eigenvalue weighted by atomic mass is 9.98. The number of aliphatic carboxylic acids is 1. The number of likely N-dealkylation sites (tertiary alicyclic amines) is 1. The van der Waals surface area contributed by atoms with Gasteiger partial charge in [0, 0.05) is 30.6 Å². The molecule has 3 aliphatic rings. The molecule has 2 fully saturated rings. The van der Waals surface area contributed by atoms with E-state index in [1.54, 1.807) is 18.2 Å². The number of benzene rings is 1. The Hall–Kier alpha value is -3.43. The molecule has 0 radical (unpaired) electrons. The summed E-state index contributed by atoms with van der Waals surface area (Å²) in [7, 11) is 0. The van der Waals surface area contributed by atoms with Gasteiger partial charge < -0.3 is 19.6 Å². The van der Waals surface area contributed by atoms with Gasteiger partial charge in [0.05, 0.1) is 12.5 Å². The number of fused-ring (bicyclic) bond motifs is 1. The minimum absolute atomic E-state index is 0.148. The fourth-order valence-electron chi connectivity index (χ4n) is 4.33. The molecule has 4 rings (SSSR count). The molecular weight excluding hydrogens is 406 g/mol. The summed E-state index contributed by atoms with van der Waals surface area (Å²) in [5.41, 5.74) is 0.991. The Morgan fingerprint density at radius 2 is 2.00 bits per heavy atom. The predicted octanol–water partition coefficient (Wildman–Crippen LogP) is 0.150. The van der Waals surface area contributed by atoms with E-state index < -0.39 is 23.8 Å². The molecule has 1 aromatic rings. The molecule has 1 aromatic carbocycles. The summed E-state index contributed by atoms with van der Waals surface area (Å²) in [6, 6.07) is 4.21. The fraction of sp³-hybridized carbons (Fsp3) is 0.476. The van der Waals surface area contributed by atoms with Gasteiger partial charge >= 0.3 is 5.97 Å². The third-order valence-corrected chi connectivity index (χ3v) is 6.01. The molecule has 2 N–H and O–H groups in total. The highest BCUT2D eigenvalue weighted by molar-refractivity contribution is 6.05. The van der Waals surface area contributed by atoms with Crippen LogP contribution in [0, 0.1) is 5.92 Å². The van der Waals surface area contributed by atoms with E-state index in [0.29, 0.717) is 36.3 Å². The highest BCUT2D eigenvalue weighted by atomic mass is 16.5. The summed E-state index contributed by atoms with van der Waals surface area (Å²) in [4.78, 5) is 63.1. The summed E-state index contributed by atoms with van der Waals surface area (Å²) in [5.74, 6) is -2.58. The number of carboxylic acids is 1. The zero-order valence-corrected chi connectivity index (χ0v) is 16.8. The van der Waals surface area contributed by atoms with Crippen LogP contribution in [0.5, 0.6) is 5.75 Å². The van der Waals surface area contributed by atoms with Crippen LogP contribution in [0.4, 0.5) is 0 Å². The summed E-state index contributed by atoms with van der Waals surface area (Å²) in [6.07, 6.45) is 1.60. The maximum atomic E-state index is 12.8. The van der Waals surface area contributed by atoms with Gasteiger partial charge in [-0.15, -0.1) is 0 Å². The fourth-order valence-corrected chi connectivity index (χ4v) is 4.33. The third kappa shape index (κ3) is 4.10. The summed E-state index contributed by atoms with van der Waals surface area (Å²) < 4.78 is 5.72. The van der Waals surface area contributed by atoms with Crippen LogP contribution in [0.3, 0.4) is 0 Å². The number of rotatable bonds is 5. The standard InChI is InChI=1S/C21H23N3O7/c25-17-7-6-15(19(27)22-17)24-10-14-13(20(24)28)4-1-5-16(14)31-11-18(26)23-8-2-3-12(9-23)21(29)30/h1,4-5,12,15H,2-3,6-11H2,(H,29,30)(H,22,25,27)/t12-,15?/m1/s1. The predicted molar refractivity (Wildman–Crippen MR) is 105 cm³/mol. The van der Waals surface area contributed by atoms with Gasteiger partial charge in [0.25, 0.3) is 11.8 Å². The SMILES string of the molecule is O=C1CCC(N2Cc3c(OCC(=O)N4CCC[C@@H](C(=O)O)C4)cccc3C2=O)C(=O)N1. The van der Waals surface area contributed by atoms with Gasteiger partial charge in [-0.25, -0.2) is 0 Å². The minimum atomic E-state index is -0.911. The molecule has 2 saturated heterocycles. The molecule has 0 spiro atoms. The number of nitrogens with one attached hydrogen (secondary N) is 1. The van der Waals surface area contributed by atoms with Crippen LogP contribution < -0.4 is 10.1 Å². The van der Waals surface area contributed by atoms with Crippen LogP contribution in [0.15, 0.2) is 18.2 Å². The molecule has 164 valence electrons. The second kappa shape index (κ2) is 8.37. The summed E-state index contributed by atoms with van der Waals surface area (Å²) in [6.45, 7) is 0.526. The van der Waals surface area contributed by atoms with Gasteiger partial charge in [0.1, 0.15) is 11.8 Å². The molecule has 0 aromatic heterocycles. The van der Waals surface area contributed by atoms with Crippen molar-refractivity contribution in [2.24, 2.45) is 5.92 Å². The normalized spacial score (nSPS) is 23.4. The maximum absolute atomic E-state index is 12.8. The number of hydrogen-bond acceptors (Lipinski definition) is 6. The number of carbonyl (C=O) groups excluding carboxylic acids is 4. The molecule has 10 nitrogen and oxygen atoms in total. The lowest BCUT2D eigenvalue weighted by Crippen LogP contribution is -2.52. The van der Waals surface area contributed by atoms with Crippen molar-refractivity contribution >= 4 is 29.6 Å². The van der Waals surface area contributed by atoms with Gasteiger partial charge in [-0.2, -0.15) is 0 Å². The number of ether oxygens (including phenoxy) is 1. The number of hydrogen-bond donors (Lipinski definition) is 2. The first kappa shape index (κ1) is 20.8. The van der Waals surface area contributed by atoms with Crippen molar-refractivity contribution < 1.29 is 33.8 Å². The molecule has 0 bridgehead atoms. The number of amides is 4. The van der Waals surface area contributed by atoms with Gasteiger partial charge in [-0.3, -0.25) is 29.3 Å². The van der Waals surface area contributed by atoms with Crippen molar-refractivity contribution in [2.75, 3.05) is 19.7 Å². The Labute approximate surface area is 178 Å². The smallest absolute Gasteiger partial charge is 0.308 e. The van der Waals surface area contributed by atoms with E-state index >= 15 is 0 Å². The van der Waals surface area contributed by atoms with E-state index in [1.165, 1.54) is 9.80 Å². The first-order valence-corrected chi connectivity index (χ1v) is 10.2. The Kier molecular flexibility index (Phi) is 5.62. The Morgan fingerprint density at radius 3 is 2.74 bits per heavy atom. The van der Waals surface area contributed by atoms with Gasteiger partial charge in [0.2, 0.25) is 11.8 Å². The monoisotopic (exact) mass is 429 g/mol. The Bertz CT molecular complexity index is 960. The van der Waals surface area contributed by atoms with E-state index in [0.717, 1.165) is 0 Å². The van der Waals surface area contributed by atoms with Crippen LogP contribution in [0.2, 0.25) is 0 Å². The quantitative estimate of drug-likeness (QED) is 0.637. The second-order valence-electron chi connectivity index (χ2n) is 7.99. The van der Waals surface area contributed by atoms with E-state index in [-0.39, 0.29) is 50.3 Å². The van der Waals surface area contributed by atoms with Crippen LogP contribution >= 0.6 is 0 Å². The number of imide groups is 1. The summed E-state index contributed by atoms with van der Waals surface area (Å²) >= 11 is 0. The summed E-state index contributed by atoms with van der Waals surface area (Å²) in [5, 5.41) is 11.5. The molecule has 10 heteroatoms. The minimum Gasteiger partial charge on any atom is -0.483 e. The third-order valence-electron chi connectivity index (χ3n) is 6.01. The molecule has 1 unspecified atom stereocenters. The Balaban J connectivity index is 1.43. The zero-order chi connectivity index (χ0) is 22.1. The van der Waals surface area contributed by atoms with Crippen molar-refractivity contribution in [1.29, 1.82) is 0 Å². The Morgan fingerprint density at radius 1 is 1.19 bits per heavy atom. The van der Waals surface area contributed by atoms with Crippen molar-refractivity contribution in [2.45, 2.75) is 38.3 Å². The largest absolute Gasteiger partial charge is 0.483 e. The first-order chi connectivity index (χ1) is 14.8. The van der Waals surface area contributed by atoms with E-state index in [1.807, 2.05) is 0 Å². The maximum Gasteiger partial charge on any atom is 0.308 e. The van der Waals surface area contributed by atoms with Gasteiger partial charge in [-0.1, -0.05) is 6.07 Å². The lowest BCUT2D eigenvalue weighted by Gasteiger charge is -2.30. The van der Waals surface area contributed by atoms with Crippen LogP contribution in [0.25, 0.3) is 0 Å². The van der Waals surface area contributed by atoms with Crippen LogP contribution in [-0.2, 0) is 25.7 Å². The molecular formula is C21H23N3O7. The highest BCUT2D eigenvalue weighted by Gasteiger charge is 2.40. The lowest BCUT2D eigenvalue weighted by molar-refractivity contribution is -0.146. The number of carbonyl (C=O) groups is 5. The van der Waals surface area contributed by atoms with E-state index in [9.17, 15) is 29.1 Å². The highest BCUT2D eigenvalue weighted by Crippen LogP contribution is 2.33. The van der Waals surface area contributed by atoms with Gasteiger partial charge in [0.15, 0.2) is 6.61 Å². The second-order valence-corrected chi connectivity index (χ2v) is 7.99. The molecule has 2 atom stereocenters. The van der Waals surface area contributed by atoms with Crippen LogP contribution in [0.1, 0.15) is 41.6 Å². The van der Waals surface area contributed by atoms with Gasteiger partial charge in [-0.05, 0) is 31.4 Å². The zero-order valence-electron chi connectivity index (χ0n) is 16.8. The molecule has 3 aliphatic heterocycles. The average Bonchev–Trinajstić information content (AvgIpc) is 3.09. The average molecular weight is 429 g/mol. The molecule has 3 heterocycles. The van der Waals surface area contributed by atoms with Crippen molar-refractivity contribution in [3.8, 4) is 5.75 Å². The van der Waals surface area contributed by atoms with E-state index in [2.05, 4.69) is 5.32 Å².